The van der Waals surface area contributed by atoms with Crippen LogP contribution in [0.4, 0.5) is 13.2 Å². The number of rotatable bonds is 4. The lowest BCUT2D eigenvalue weighted by Crippen LogP contribution is -2.50. The van der Waals surface area contributed by atoms with Crippen LogP contribution in [-0.2, 0) is 11.0 Å². The second-order valence-electron chi connectivity index (χ2n) is 11.2. The minimum Gasteiger partial charge on any atom is -0.299 e. The third-order valence-corrected chi connectivity index (χ3v) is 8.63. The monoisotopic (exact) mass is 471 g/mol. The van der Waals surface area contributed by atoms with Crippen molar-refractivity contribution in [2.24, 2.45) is 34.1 Å². The summed E-state index contributed by atoms with van der Waals surface area (Å²) < 4.78 is 39.3. The van der Waals surface area contributed by atoms with E-state index in [0.717, 1.165) is 74.9 Å². The van der Waals surface area contributed by atoms with Gasteiger partial charge in [0.05, 0.1) is 17.2 Å². The van der Waals surface area contributed by atoms with E-state index in [-0.39, 0.29) is 46.2 Å². The summed E-state index contributed by atoms with van der Waals surface area (Å²) >= 11 is 0. The van der Waals surface area contributed by atoms with Gasteiger partial charge >= 0.3 is 6.18 Å². The molecule has 3 nitrogen and oxygen atoms in total. The summed E-state index contributed by atoms with van der Waals surface area (Å²) in [6, 6.07) is 4.48. The lowest BCUT2D eigenvalue weighted by Gasteiger charge is -2.50. The first-order chi connectivity index (χ1) is 16.1. The summed E-state index contributed by atoms with van der Waals surface area (Å²) in [5.41, 5.74) is 1.79. The van der Waals surface area contributed by atoms with Crippen molar-refractivity contribution < 1.29 is 22.8 Å². The van der Waals surface area contributed by atoms with Crippen molar-refractivity contribution in [3.05, 3.63) is 46.7 Å². The maximum Gasteiger partial charge on any atom is 0.416 e. The Morgan fingerprint density at radius 2 is 1.68 bits per heavy atom. The molecule has 2 atom stereocenters. The number of carbonyl (C=O) groups excluding carboxylic acids is 2. The van der Waals surface area contributed by atoms with E-state index in [1.807, 2.05) is 13.8 Å². The molecular weight excluding hydrogens is 439 g/mol. The molecule has 1 aliphatic heterocycles. The molecule has 0 aromatic heterocycles. The number of carbonyl (C=O) groups is 2. The molecule has 4 aliphatic rings. The quantitative estimate of drug-likeness (QED) is 0.436. The van der Waals surface area contributed by atoms with E-state index in [0.29, 0.717) is 12.0 Å². The normalized spacial score (nSPS) is 27.1. The molecule has 1 aromatic rings. The highest BCUT2D eigenvalue weighted by molar-refractivity contribution is 6.15. The molecule has 3 fully saturated rings. The van der Waals surface area contributed by atoms with Crippen LogP contribution in [0.1, 0.15) is 87.6 Å². The van der Waals surface area contributed by atoms with Crippen LogP contribution in [0.3, 0.4) is 0 Å². The lowest BCUT2D eigenvalue weighted by molar-refractivity contribution is -0.137. The standard InChI is InChI=1S/C28H32F3NO2/c1-16(2)25-24(26(34)18-8-10-19(11-9-18)28(29,30)31)22(17-6-3-4-7-17)23-20(32-25)14-27(12-5-13-27)15-21(23)33/h8-11,16-17,22-23H,3-7,12-15H2,1-2H3. The number of benzene rings is 1. The van der Waals surface area contributed by atoms with E-state index in [4.69, 9.17) is 4.99 Å². The molecule has 2 unspecified atom stereocenters. The number of fused-ring (bicyclic) bond motifs is 1. The molecule has 34 heavy (non-hydrogen) atoms. The average Bonchev–Trinajstić information content (AvgIpc) is 3.30. The van der Waals surface area contributed by atoms with E-state index in [2.05, 4.69) is 0 Å². The van der Waals surface area contributed by atoms with Gasteiger partial charge in [0, 0.05) is 29.2 Å². The topological polar surface area (TPSA) is 46.5 Å². The Labute approximate surface area is 198 Å². The third-order valence-electron chi connectivity index (χ3n) is 8.63. The van der Waals surface area contributed by atoms with Gasteiger partial charge in [-0.3, -0.25) is 14.6 Å². The van der Waals surface area contributed by atoms with Crippen molar-refractivity contribution in [1.29, 1.82) is 0 Å². The van der Waals surface area contributed by atoms with Crippen LogP contribution < -0.4 is 0 Å². The first-order valence-electron chi connectivity index (χ1n) is 12.7. The van der Waals surface area contributed by atoms with E-state index in [9.17, 15) is 22.8 Å². The zero-order chi connectivity index (χ0) is 24.3. The summed E-state index contributed by atoms with van der Waals surface area (Å²) in [6.07, 6.45) is 4.35. The van der Waals surface area contributed by atoms with Gasteiger partial charge in [-0.25, -0.2) is 0 Å². The van der Waals surface area contributed by atoms with Gasteiger partial charge in [0.1, 0.15) is 5.78 Å². The Hall–Kier alpha value is -2.24. The van der Waals surface area contributed by atoms with Gasteiger partial charge in [0.25, 0.3) is 0 Å². The molecule has 1 spiro atoms. The lowest BCUT2D eigenvalue weighted by atomic mass is 9.54. The van der Waals surface area contributed by atoms with Gasteiger partial charge in [-0.05, 0) is 61.5 Å². The predicted octanol–water partition coefficient (Wildman–Crippen LogP) is 7.21. The van der Waals surface area contributed by atoms with Crippen molar-refractivity contribution >= 4 is 17.3 Å². The fourth-order valence-corrected chi connectivity index (χ4v) is 6.82. The number of allylic oxidation sites excluding steroid dienone is 2. The van der Waals surface area contributed by atoms with Gasteiger partial charge in [-0.15, -0.1) is 0 Å². The van der Waals surface area contributed by atoms with Crippen molar-refractivity contribution in [2.75, 3.05) is 0 Å². The average molecular weight is 472 g/mol. The summed E-state index contributed by atoms with van der Waals surface area (Å²) in [5, 5.41) is 0. The van der Waals surface area contributed by atoms with Crippen LogP contribution in [0, 0.1) is 29.1 Å². The number of alkyl halides is 3. The fraction of sp³-hybridized carbons (Fsp3) is 0.607. The van der Waals surface area contributed by atoms with Crippen molar-refractivity contribution in [1.82, 2.24) is 0 Å². The molecule has 0 saturated heterocycles. The highest BCUT2D eigenvalue weighted by atomic mass is 19.4. The predicted molar refractivity (Wildman–Crippen MR) is 125 cm³/mol. The van der Waals surface area contributed by atoms with E-state index < -0.39 is 11.7 Å². The van der Waals surface area contributed by atoms with Gasteiger partial charge in [0.15, 0.2) is 5.78 Å². The molecule has 3 saturated carbocycles. The van der Waals surface area contributed by atoms with E-state index >= 15 is 0 Å². The Bertz CT molecular complexity index is 1050. The third kappa shape index (κ3) is 3.97. The maximum absolute atomic E-state index is 13.9. The fourth-order valence-electron chi connectivity index (χ4n) is 6.82. The summed E-state index contributed by atoms with van der Waals surface area (Å²) in [7, 11) is 0. The largest absolute Gasteiger partial charge is 0.416 e. The number of Topliss-reactive ketones (excluding diaryl/α,β-unsaturated/α-hetero) is 2. The second kappa shape index (κ2) is 8.46. The number of hydrogen-bond donors (Lipinski definition) is 0. The number of nitrogens with zero attached hydrogens (tertiary/aromatic N) is 1. The van der Waals surface area contributed by atoms with Crippen LogP contribution in [0.15, 0.2) is 40.5 Å². The Morgan fingerprint density at radius 1 is 1.03 bits per heavy atom. The smallest absolute Gasteiger partial charge is 0.299 e. The second-order valence-corrected chi connectivity index (χ2v) is 11.2. The van der Waals surface area contributed by atoms with Crippen molar-refractivity contribution in [3.63, 3.8) is 0 Å². The number of aliphatic imine (C=N–C) groups is 1. The Balaban J connectivity index is 1.61. The van der Waals surface area contributed by atoms with Crippen LogP contribution in [0.25, 0.3) is 0 Å². The molecule has 1 aromatic carbocycles. The molecule has 0 bridgehead atoms. The van der Waals surface area contributed by atoms with E-state index in [1.54, 1.807) is 0 Å². The summed E-state index contributed by atoms with van der Waals surface area (Å²) in [6.45, 7) is 4.02. The van der Waals surface area contributed by atoms with Gasteiger partial charge in [-0.1, -0.05) is 45.2 Å². The molecule has 6 heteroatoms. The first kappa shape index (κ1) is 23.5. The number of halogens is 3. The summed E-state index contributed by atoms with van der Waals surface area (Å²) in [4.78, 5) is 32.5. The van der Waals surface area contributed by atoms with Crippen LogP contribution >= 0.6 is 0 Å². The molecule has 3 aliphatic carbocycles. The summed E-state index contributed by atoms with van der Waals surface area (Å²) in [5.74, 6) is -0.412. The Morgan fingerprint density at radius 3 is 2.21 bits per heavy atom. The van der Waals surface area contributed by atoms with Crippen LogP contribution in [-0.4, -0.2) is 17.3 Å². The molecule has 0 amide bonds. The first-order valence-corrected chi connectivity index (χ1v) is 12.7. The maximum atomic E-state index is 13.9. The minimum atomic E-state index is -4.45. The zero-order valence-electron chi connectivity index (χ0n) is 19.9. The highest BCUT2D eigenvalue weighted by Crippen LogP contribution is 2.55. The SMILES string of the molecule is CC(C)C1=C(C(=O)c2ccc(C(F)(F)F)cc2)C(C2CCCC2)C2C(=O)CC3(CCC3)CC2=N1. The van der Waals surface area contributed by atoms with Crippen LogP contribution in [0.5, 0.6) is 0 Å². The molecule has 0 radical (unpaired) electrons. The number of hydrogen-bond acceptors (Lipinski definition) is 3. The van der Waals surface area contributed by atoms with Gasteiger partial charge < -0.3 is 0 Å². The Kier molecular flexibility index (Phi) is 5.84. The van der Waals surface area contributed by atoms with Crippen LogP contribution in [0.2, 0.25) is 0 Å². The molecule has 182 valence electrons. The van der Waals surface area contributed by atoms with Gasteiger partial charge in [-0.2, -0.15) is 13.2 Å². The van der Waals surface area contributed by atoms with Crippen molar-refractivity contribution in [3.8, 4) is 0 Å². The molecule has 1 heterocycles. The highest BCUT2D eigenvalue weighted by Gasteiger charge is 2.53. The number of ketones is 2. The minimum absolute atomic E-state index is 0.0138. The molecule has 5 rings (SSSR count). The van der Waals surface area contributed by atoms with Crippen molar-refractivity contribution in [2.45, 2.75) is 77.8 Å². The molecule has 0 N–H and O–H groups in total. The molecular formula is C28H32F3NO2. The zero-order valence-corrected chi connectivity index (χ0v) is 19.9. The van der Waals surface area contributed by atoms with Gasteiger partial charge in [0.2, 0.25) is 0 Å². The van der Waals surface area contributed by atoms with E-state index in [1.165, 1.54) is 12.1 Å².